The molecule has 7 aromatic heterocycles. The minimum atomic E-state index is -0.579. The molecule has 7 rings (SSSR count). The van der Waals surface area contributed by atoms with Gasteiger partial charge in [0.25, 0.3) is 16.7 Å². The third-order valence-corrected chi connectivity index (χ3v) is 5.52. The van der Waals surface area contributed by atoms with E-state index in [9.17, 15) is 14.4 Å². The second kappa shape index (κ2) is 7.48. The lowest BCUT2D eigenvalue weighted by molar-refractivity contribution is 0.809. The molecule has 0 bridgehead atoms. The fraction of sp³-hybridized carbons (Fsp3) is 0. The van der Waals surface area contributed by atoms with Crippen molar-refractivity contribution >= 4 is 51.3 Å². The van der Waals surface area contributed by atoms with E-state index >= 15 is 0 Å². The first-order valence-electron chi connectivity index (χ1n) is 10.7. The van der Waals surface area contributed by atoms with Crippen LogP contribution in [0.5, 0.6) is 0 Å². The molecule has 0 spiro atoms. The van der Waals surface area contributed by atoms with Crippen LogP contribution >= 0.6 is 0 Å². The maximum absolute atomic E-state index is 12.3. The summed E-state index contributed by atoms with van der Waals surface area (Å²) in [5.74, 6) is -0.758. The van der Waals surface area contributed by atoms with Crippen molar-refractivity contribution in [2.24, 2.45) is 0 Å². The number of rotatable bonds is 3. The highest BCUT2D eigenvalue weighted by molar-refractivity contribution is 5.74. The molecule has 0 aliphatic carbocycles. The van der Waals surface area contributed by atoms with Gasteiger partial charge in [0.05, 0.1) is 0 Å². The summed E-state index contributed by atoms with van der Waals surface area (Å²) in [7, 11) is 0. The van der Waals surface area contributed by atoms with Gasteiger partial charge < -0.3 is 17.2 Å². The van der Waals surface area contributed by atoms with E-state index in [1.165, 1.54) is 32.7 Å². The van der Waals surface area contributed by atoms with Crippen LogP contribution in [0.15, 0.2) is 33.4 Å². The van der Waals surface area contributed by atoms with Gasteiger partial charge in [-0.15, -0.1) is 0 Å². The Kier molecular flexibility index (Phi) is 4.17. The third kappa shape index (κ3) is 3.19. The van der Waals surface area contributed by atoms with Crippen molar-refractivity contribution in [3.05, 3.63) is 50.0 Å². The molecule has 9 N–H and O–H groups in total. The average Bonchev–Trinajstić information content (AvgIpc) is 3.60. The Morgan fingerprint density at radius 3 is 1.05 bits per heavy atom. The van der Waals surface area contributed by atoms with Crippen molar-refractivity contribution < 1.29 is 0 Å². The molecule has 0 radical (unpaired) electrons. The molecule has 21 nitrogen and oxygen atoms in total. The molecule has 0 aliphatic rings. The van der Waals surface area contributed by atoms with Crippen molar-refractivity contribution in [2.45, 2.75) is 0 Å². The highest BCUT2D eigenvalue weighted by atomic mass is 16.1. The first-order chi connectivity index (χ1) is 18.8. The molecule has 7 heterocycles. The number of fused-ring (bicyclic) bond motifs is 3. The van der Waals surface area contributed by atoms with E-state index in [-0.39, 0.29) is 69.2 Å². The van der Waals surface area contributed by atoms with Crippen LogP contribution in [-0.2, 0) is 0 Å². The number of hydrogen-bond donors (Lipinski definition) is 6. The maximum Gasteiger partial charge on any atom is 0.280 e. The van der Waals surface area contributed by atoms with Gasteiger partial charge in [-0.2, -0.15) is 29.9 Å². The monoisotopic (exact) mass is 528 g/mol. The minimum absolute atomic E-state index is 0.0316. The summed E-state index contributed by atoms with van der Waals surface area (Å²) < 4.78 is 3.87. The zero-order chi connectivity index (χ0) is 27.0. The summed E-state index contributed by atoms with van der Waals surface area (Å²) in [6.07, 6.45) is 3.78. The Bertz CT molecular complexity index is 2030. The Morgan fingerprint density at radius 1 is 0.487 bits per heavy atom. The Labute approximate surface area is 210 Å². The Balaban J connectivity index is 1.56. The SMILES string of the molecule is Nc1nc2c(ncn2-c2nc(-n3cnc4c(=O)[nH]c(N)nc43)nc(-n3cnc4c(=O)[nH]c(N)nc43)n2)c(=O)[nH]1. The number of aromatic amines is 3. The number of nitrogen functional groups attached to an aromatic ring is 3. The number of imidazole rings is 3. The fourth-order valence-electron chi connectivity index (χ4n) is 3.89. The van der Waals surface area contributed by atoms with Gasteiger partial charge in [0.15, 0.2) is 33.5 Å². The van der Waals surface area contributed by atoms with E-state index in [1.54, 1.807) is 0 Å². The molecule has 7 aromatic rings. The van der Waals surface area contributed by atoms with Gasteiger partial charge in [-0.05, 0) is 0 Å². The highest BCUT2D eigenvalue weighted by Gasteiger charge is 2.21. The number of hydrogen-bond acceptors (Lipinski definition) is 15. The smallest absolute Gasteiger partial charge is 0.280 e. The molecule has 0 fully saturated rings. The molecule has 0 amide bonds. The summed E-state index contributed by atoms with van der Waals surface area (Å²) in [6.45, 7) is 0. The second-order valence-electron chi connectivity index (χ2n) is 7.95. The molecular formula is C18H12N18O3. The van der Waals surface area contributed by atoms with Crippen LogP contribution in [0, 0.1) is 0 Å². The van der Waals surface area contributed by atoms with Gasteiger partial charge in [-0.25, -0.2) is 15.0 Å². The van der Waals surface area contributed by atoms with Gasteiger partial charge >= 0.3 is 0 Å². The van der Waals surface area contributed by atoms with E-state index in [2.05, 4.69) is 59.8 Å². The molecule has 21 heteroatoms. The van der Waals surface area contributed by atoms with Crippen LogP contribution < -0.4 is 33.9 Å². The van der Waals surface area contributed by atoms with Crippen LogP contribution in [0.1, 0.15) is 0 Å². The van der Waals surface area contributed by atoms with Gasteiger partial charge in [-0.1, -0.05) is 0 Å². The number of aromatic nitrogens is 15. The summed E-state index contributed by atoms with van der Waals surface area (Å²) in [6, 6.07) is 0. The van der Waals surface area contributed by atoms with Crippen molar-refractivity contribution in [1.82, 2.24) is 73.5 Å². The predicted octanol–water partition coefficient (Wildman–Crippen LogP) is -3.12. The van der Waals surface area contributed by atoms with Crippen molar-refractivity contribution in [1.29, 1.82) is 0 Å². The molecule has 0 atom stereocenters. The van der Waals surface area contributed by atoms with Crippen molar-refractivity contribution in [3.8, 4) is 17.8 Å². The lowest BCUT2D eigenvalue weighted by Crippen LogP contribution is -2.16. The van der Waals surface area contributed by atoms with Crippen LogP contribution in [0.4, 0.5) is 17.8 Å². The van der Waals surface area contributed by atoms with Crippen LogP contribution in [0.2, 0.25) is 0 Å². The first kappa shape index (κ1) is 21.7. The van der Waals surface area contributed by atoms with E-state index in [0.29, 0.717) is 0 Å². The lowest BCUT2D eigenvalue weighted by Gasteiger charge is -2.09. The van der Waals surface area contributed by atoms with Crippen molar-refractivity contribution in [2.75, 3.05) is 17.2 Å². The van der Waals surface area contributed by atoms with E-state index in [4.69, 9.17) is 17.2 Å². The molecule has 0 saturated heterocycles. The molecule has 39 heavy (non-hydrogen) atoms. The number of nitrogens with zero attached hydrogens (tertiary/aromatic N) is 12. The quantitative estimate of drug-likeness (QED) is 0.132. The van der Waals surface area contributed by atoms with Crippen LogP contribution in [0.3, 0.4) is 0 Å². The molecule has 192 valence electrons. The number of H-pyrrole nitrogens is 3. The number of nitrogens with one attached hydrogen (secondary N) is 3. The topological polar surface area (TPSA) is 307 Å². The largest absolute Gasteiger partial charge is 0.369 e. The van der Waals surface area contributed by atoms with Crippen LogP contribution in [-0.4, -0.2) is 73.5 Å². The zero-order valence-corrected chi connectivity index (χ0v) is 19.1. The van der Waals surface area contributed by atoms with Gasteiger partial charge in [-0.3, -0.25) is 43.0 Å². The zero-order valence-electron chi connectivity index (χ0n) is 19.1. The molecule has 0 aromatic carbocycles. The normalized spacial score (nSPS) is 11.7. The first-order valence-corrected chi connectivity index (χ1v) is 10.7. The predicted molar refractivity (Wildman–Crippen MR) is 132 cm³/mol. The van der Waals surface area contributed by atoms with Gasteiger partial charge in [0.2, 0.25) is 35.7 Å². The Hall–Kier alpha value is -6.54. The number of nitrogens with two attached hydrogens (primary N) is 3. The molecule has 0 unspecified atom stereocenters. The van der Waals surface area contributed by atoms with Gasteiger partial charge in [0.1, 0.15) is 19.0 Å². The minimum Gasteiger partial charge on any atom is -0.369 e. The average molecular weight is 528 g/mol. The number of anilines is 3. The maximum atomic E-state index is 12.3. The summed E-state index contributed by atoms with van der Waals surface area (Å²) in [5.41, 5.74) is 15.5. The van der Waals surface area contributed by atoms with E-state index < -0.39 is 16.7 Å². The summed E-state index contributed by atoms with van der Waals surface area (Å²) in [4.78, 5) is 82.1. The standard InChI is InChI=1S/C18H12N18O3/c19-13-25-7-4(10(37)28-13)22-1-34(7)16-31-17(35-2-23-5-8(35)26-14(20)29-11(5)38)33-18(32-16)36-3-24-6-9(36)27-15(21)30-12(6)39/h1-3H,(H3,19,25,28,37)(H3,20,26,29,38)(H3,21,27,30,39). The molecular weight excluding hydrogens is 516 g/mol. The van der Waals surface area contributed by atoms with Crippen LogP contribution in [0.25, 0.3) is 51.3 Å². The van der Waals surface area contributed by atoms with E-state index in [0.717, 1.165) is 0 Å². The van der Waals surface area contributed by atoms with Gasteiger partial charge in [0, 0.05) is 0 Å². The molecule has 0 aliphatic heterocycles. The van der Waals surface area contributed by atoms with Crippen molar-refractivity contribution in [3.63, 3.8) is 0 Å². The summed E-state index contributed by atoms with van der Waals surface area (Å²) in [5, 5.41) is 0. The third-order valence-electron chi connectivity index (χ3n) is 5.52. The second-order valence-corrected chi connectivity index (χ2v) is 7.95. The van der Waals surface area contributed by atoms with E-state index in [1.807, 2.05) is 0 Å². The fourth-order valence-corrected chi connectivity index (χ4v) is 3.89. The lowest BCUT2D eigenvalue weighted by atomic mass is 10.5. The molecule has 0 saturated carbocycles. The summed E-state index contributed by atoms with van der Waals surface area (Å²) >= 11 is 0. The Morgan fingerprint density at radius 2 is 0.769 bits per heavy atom. The highest BCUT2D eigenvalue weighted by Crippen LogP contribution is 2.18.